The van der Waals surface area contributed by atoms with Gasteiger partial charge < -0.3 is 20.6 Å². The van der Waals surface area contributed by atoms with E-state index in [0.29, 0.717) is 0 Å². The van der Waals surface area contributed by atoms with E-state index >= 15 is 0 Å². The number of amides is 3. The molecule has 0 bridgehead atoms. The Morgan fingerprint density at radius 1 is 0.958 bits per heavy atom. The molecule has 0 radical (unpaired) electrons. The summed E-state index contributed by atoms with van der Waals surface area (Å²) >= 11 is 0. The molecule has 138 valence electrons. The van der Waals surface area contributed by atoms with Crippen LogP contribution in [-0.2, 0) is 9.59 Å². The second-order valence-electron chi connectivity index (χ2n) is 5.18. The van der Waals surface area contributed by atoms with E-state index < -0.39 is 42.3 Å². The summed E-state index contributed by atoms with van der Waals surface area (Å²) in [5.41, 5.74) is -1.83. The first kappa shape index (κ1) is 19.8. The third-order valence-electron chi connectivity index (χ3n) is 3.47. The number of alkyl halides is 6. The van der Waals surface area contributed by atoms with Gasteiger partial charge in [-0.05, 0) is 12.8 Å². The lowest BCUT2D eigenvalue weighted by atomic mass is 9.87. The summed E-state index contributed by atoms with van der Waals surface area (Å²) in [4.78, 5) is 33.5. The number of nitrogens with zero attached hydrogens (tertiary/aromatic N) is 1. The molecule has 0 spiro atoms. The molecule has 0 aromatic carbocycles. The number of carbonyl (C=O) groups excluding carboxylic acids is 2. The largest absolute Gasteiger partial charge is 0.471 e. The fourth-order valence-electron chi connectivity index (χ4n) is 2.13. The van der Waals surface area contributed by atoms with Gasteiger partial charge in [0.15, 0.2) is 0 Å². The number of hydrogen-bond donors (Lipinski definition) is 3. The molecular formula is C11H13F6N3O4. The van der Waals surface area contributed by atoms with Gasteiger partial charge in [-0.15, -0.1) is 0 Å². The smallest absolute Gasteiger partial charge is 0.465 e. The van der Waals surface area contributed by atoms with Crippen LogP contribution in [0.25, 0.3) is 0 Å². The molecule has 0 atom stereocenters. The molecule has 1 saturated heterocycles. The van der Waals surface area contributed by atoms with Crippen LogP contribution in [-0.4, -0.2) is 65.4 Å². The van der Waals surface area contributed by atoms with E-state index in [1.54, 1.807) is 5.32 Å². The van der Waals surface area contributed by atoms with Crippen LogP contribution >= 0.6 is 0 Å². The highest BCUT2D eigenvalue weighted by Gasteiger charge is 2.47. The first-order chi connectivity index (χ1) is 10.8. The molecule has 3 N–H and O–H groups in total. The van der Waals surface area contributed by atoms with Gasteiger partial charge in [0, 0.05) is 19.6 Å². The Labute approximate surface area is 131 Å². The molecule has 7 nitrogen and oxygen atoms in total. The maximum absolute atomic E-state index is 12.4. The van der Waals surface area contributed by atoms with E-state index in [-0.39, 0.29) is 25.9 Å². The maximum atomic E-state index is 12.4. The molecule has 0 aromatic heterocycles. The minimum atomic E-state index is -5.27. The predicted molar refractivity (Wildman–Crippen MR) is 64.8 cm³/mol. The van der Waals surface area contributed by atoms with Crippen LogP contribution in [0, 0.1) is 0 Å². The standard InChI is InChI=1S/C11H13F6N3O4/c12-10(13,14)6(21)18-5-9(19-7(22)11(15,16)17)1-3-20(4-2-9)8(23)24/h1-5H2,(H,18,21)(H,19,22)(H,23,24). The van der Waals surface area contributed by atoms with E-state index in [1.165, 1.54) is 5.32 Å². The van der Waals surface area contributed by atoms with Crippen LogP contribution in [0.4, 0.5) is 31.1 Å². The van der Waals surface area contributed by atoms with Crippen molar-refractivity contribution in [1.29, 1.82) is 0 Å². The second kappa shape index (κ2) is 6.73. The summed E-state index contributed by atoms with van der Waals surface area (Å²) in [6.45, 7) is -1.54. The molecular weight excluding hydrogens is 352 g/mol. The summed E-state index contributed by atoms with van der Waals surface area (Å²) in [6.07, 6.45) is -12.6. The fourth-order valence-corrected chi connectivity index (χ4v) is 2.13. The number of halogens is 6. The molecule has 1 heterocycles. The highest BCUT2D eigenvalue weighted by molar-refractivity contribution is 5.83. The Bertz CT molecular complexity index is 511. The quantitative estimate of drug-likeness (QED) is 0.646. The third kappa shape index (κ3) is 5.16. The lowest BCUT2D eigenvalue weighted by Gasteiger charge is -2.41. The van der Waals surface area contributed by atoms with Gasteiger partial charge in [0.05, 0.1) is 5.54 Å². The lowest BCUT2D eigenvalue weighted by Crippen LogP contribution is -2.63. The highest BCUT2D eigenvalue weighted by atomic mass is 19.4. The number of rotatable bonds is 3. The molecule has 0 unspecified atom stereocenters. The molecule has 24 heavy (non-hydrogen) atoms. The SMILES string of the molecule is O=C(O)N1CCC(CNC(=O)C(F)(F)F)(NC(=O)C(F)(F)F)CC1. The van der Waals surface area contributed by atoms with E-state index in [1.807, 2.05) is 0 Å². The first-order valence-corrected chi connectivity index (χ1v) is 6.49. The van der Waals surface area contributed by atoms with Gasteiger partial charge in [0.2, 0.25) is 0 Å². The van der Waals surface area contributed by atoms with Gasteiger partial charge in [-0.25, -0.2) is 4.79 Å². The monoisotopic (exact) mass is 365 g/mol. The van der Waals surface area contributed by atoms with Crippen molar-refractivity contribution >= 4 is 17.9 Å². The molecule has 1 fully saturated rings. The second-order valence-corrected chi connectivity index (χ2v) is 5.18. The molecule has 3 amide bonds. The summed E-state index contributed by atoms with van der Waals surface area (Å²) in [6, 6.07) is 0. The number of likely N-dealkylation sites (tertiary alicyclic amines) is 1. The Morgan fingerprint density at radius 2 is 1.42 bits per heavy atom. The van der Waals surface area contributed by atoms with E-state index in [4.69, 9.17) is 5.11 Å². The Morgan fingerprint density at radius 3 is 1.79 bits per heavy atom. The highest BCUT2D eigenvalue weighted by Crippen LogP contribution is 2.25. The third-order valence-corrected chi connectivity index (χ3v) is 3.47. The van der Waals surface area contributed by atoms with Gasteiger partial charge in [0.25, 0.3) is 0 Å². The van der Waals surface area contributed by atoms with Crippen LogP contribution in [0.15, 0.2) is 0 Å². The van der Waals surface area contributed by atoms with Crippen molar-refractivity contribution in [2.45, 2.75) is 30.7 Å². The number of piperidine rings is 1. The Kier molecular flexibility index (Phi) is 5.56. The van der Waals surface area contributed by atoms with Gasteiger partial charge >= 0.3 is 30.3 Å². The summed E-state index contributed by atoms with van der Waals surface area (Å²) in [5.74, 6) is -4.75. The van der Waals surface area contributed by atoms with E-state index in [9.17, 15) is 40.7 Å². The van der Waals surface area contributed by atoms with Gasteiger partial charge in [-0.1, -0.05) is 0 Å². The number of hydrogen-bond acceptors (Lipinski definition) is 3. The van der Waals surface area contributed by atoms with Crippen molar-refractivity contribution in [2.75, 3.05) is 19.6 Å². The van der Waals surface area contributed by atoms with Crippen LogP contribution in [0.5, 0.6) is 0 Å². The Balaban J connectivity index is 2.86. The topological polar surface area (TPSA) is 98.7 Å². The van der Waals surface area contributed by atoms with Crippen molar-refractivity contribution < 1.29 is 45.8 Å². The van der Waals surface area contributed by atoms with Crippen molar-refractivity contribution in [2.24, 2.45) is 0 Å². The van der Waals surface area contributed by atoms with Crippen LogP contribution in [0.1, 0.15) is 12.8 Å². The fraction of sp³-hybridized carbons (Fsp3) is 0.727. The van der Waals surface area contributed by atoms with E-state index in [0.717, 1.165) is 4.90 Å². The zero-order valence-electron chi connectivity index (χ0n) is 11.9. The average Bonchev–Trinajstić information content (AvgIpc) is 2.43. The van der Waals surface area contributed by atoms with Crippen LogP contribution < -0.4 is 10.6 Å². The van der Waals surface area contributed by atoms with Crippen LogP contribution in [0.3, 0.4) is 0 Å². The lowest BCUT2D eigenvalue weighted by molar-refractivity contribution is -0.177. The van der Waals surface area contributed by atoms with E-state index in [2.05, 4.69) is 0 Å². The molecule has 13 heteroatoms. The first-order valence-electron chi connectivity index (χ1n) is 6.49. The summed E-state index contributed by atoms with van der Waals surface area (Å²) in [7, 11) is 0. The Hall–Kier alpha value is -2.21. The maximum Gasteiger partial charge on any atom is 0.471 e. The predicted octanol–water partition coefficient (Wildman–Crippen LogP) is 0.856. The van der Waals surface area contributed by atoms with Gasteiger partial charge in [-0.2, -0.15) is 26.3 Å². The van der Waals surface area contributed by atoms with Crippen LogP contribution in [0.2, 0.25) is 0 Å². The average molecular weight is 365 g/mol. The molecule has 1 aliphatic heterocycles. The molecule has 0 saturated carbocycles. The molecule has 1 aliphatic rings. The minimum Gasteiger partial charge on any atom is -0.465 e. The number of carboxylic acid groups (broad SMARTS) is 1. The molecule has 0 aromatic rings. The van der Waals surface area contributed by atoms with Crippen molar-refractivity contribution in [3.63, 3.8) is 0 Å². The van der Waals surface area contributed by atoms with Crippen molar-refractivity contribution in [3.05, 3.63) is 0 Å². The summed E-state index contributed by atoms with van der Waals surface area (Å²) < 4.78 is 73.7. The molecule has 0 aliphatic carbocycles. The molecule has 1 rings (SSSR count). The zero-order valence-corrected chi connectivity index (χ0v) is 11.9. The zero-order chi connectivity index (χ0) is 18.8. The number of carbonyl (C=O) groups is 3. The normalized spacial score (nSPS) is 18.0. The summed E-state index contributed by atoms with van der Waals surface area (Å²) in [5, 5.41) is 11.8. The number of nitrogens with one attached hydrogen (secondary N) is 2. The van der Waals surface area contributed by atoms with Crippen molar-refractivity contribution in [1.82, 2.24) is 15.5 Å². The van der Waals surface area contributed by atoms with Gasteiger partial charge in [-0.3, -0.25) is 9.59 Å². The van der Waals surface area contributed by atoms with Crippen molar-refractivity contribution in [3.8, 4) is 0 Å². The minimum absolute atomic E-state index is 0.310. The van der Waals surface area contributed by atoms with Gasteiger partial charge in [0.1, 0.15) is 0 Å².